The number of rotatable bonds is 4. The summed E-state index contributed by atoms with van der Waals surface area (Å²) in [5.74, 6) is 1.23. The highest BCUT2D eigenvalue weighted by molar-refractivity contribution is 7.98. The van der Waals surface area contributed by atoms with Crippen molar-refractivity contribution in [2.24, 2.45) is 0 Å². The van der Waals surface area contributed by atoms with E-state index in [1.54, 1.807) is 30.0 Å². The molecule has 2 aromatic rings. The fourth-order valence-electron chi connectivity index (χ4n) is 1.67. The van der Waals surface area contributed by atoms with Crippen LogP contribution in [0.2, 0.25) is 0 Å². The maximum Gasteiger partial charge on any atom is 0.145 e. The van der Waals surface area contributed by atoms with Gasteiger partial charge in [0.1, 0.15) is 17.6 Å². The molecular formula is C15H13NO2S. The van der Waals surface area contributed by atoms with Gasteiger partial charge in [0.2, 0.25) is 0 Å². The van der Waals surface area contributed by atoms with Gasteiger partial charge >= 0.3 is 0 Å². The van der Waals surface area contributed by atoms with Crippen LogP contribution in [-0.2, 0) is 6.61 Å². The summed E-state index contributed by atoms with van der Waals surface area (Å²) >= 11 is 1.59. The van der Waals surface area contributed by atoms with Gasteiger partial charge in [-0.25, -0.2) is 0 Å². The smallest absolute Gasteiger partial charge is 0.145 e. The van der Waals surface area contributed by atoms with Gasteiger partial charge in [0, 0.05) is 4.90 Å². The van der Waals surface area contributed by atoms with Crippen molar-refractivity contribution in [3.8, 4) is 17.6 Å². The van der Waals surface area contributed by atoms with Crippen molar-refractivity contribution in [1.82, 2.24) is 0 Å². The lowest BCUT2D eigenvalue weighted by Crippen LogP contribution is -1.92. The Balaban J connectivity index is 2.36. The maximum atomic E-state index is 9.13. The lowest BCUT2D eigenvalue weighted by molar-refractivity contribution is 0.281. The lowest BCUT2D eigenvalue weighted by Gasteiger charge is -2.11. The highest BCUT2D eigenvalue weighted by Crippen LogP contribution is 2.32. The molecule has 0 saturated heterocycles. The number of aliphatic hydroxyl groups excluding tert-OH is 1. The zero-order valence-corrected chi connectivity index (χ0v) is 11.3. The maximum absolute atomic E-state index is 9.13. The minimum absolute atomic E-state index is 0.0869. The number of hydrogen-bond donors (Lipinski definition) is 1. The molecule has 0 saturated carbocycles. The van der Waals surface area contributed by atoms with Crippen LogP contribution >= 0.6 is 11.8 Å². The van der Waals surface area contributed by atoms with Crippen LogP contribution in [0.15, 0.2) is 47.4 Å². The van der Waals surface area contributed by atoms with Crippen LogP contribution in [0.5, 0.6) is 11.5 Å². The molecule has 0 amide bonds. The summed E-state index contributed by atoms with van der Waals surface area (Å²) in [5.41, 5.74) is 1.12. The first-order chi connectivity index (χ1) is 9.28. The topological polar surface area (TPSA) is 53.2 Å². The first-order valence-corrected chi connectivity index (χ1v) is 6.95. The lowest BCUT2D eigenvalue weighted by atomic mass is 10.1. The first kappa shape index (κ1) is 13.5. The van der Waals surface area contributed by atoms with Crippen LogP contribution in [0.1, 0.15) is 11.1 Å². The predicted octanol–water partition coefficient (Wildman–Crippen LogP) is 3.56. The van der Waals surface area contributed by atoms with Gasteiger partial charge in [-0.1, -0.05) is 18.2 Å². The van der Waals surface area contributed by atoms with Crippen LogP contribution in [0.3, 0.4) is 0 Å². The summed E-state index contributed by atoms with van der Waals surface area (Å²) in [5, 5.41) is 18.2. The van der Waals surface area contributed by atoms with Crippen molar-refractivity contribution in [2.45, 2.75) is 11.5 Å². The van der Waals surface area contributed by atoms with E-state index >= 15 is 0 Å². The summed E-state index contributed by atoms with van der Waals surface area (Å²) in [7, 11) is 0. The van der Waals surface area contributed by atoms with E-state index in [1.165, 1.54) is 0 Å². The van der Waals surface area contributed by atoms with Crippen LogP contribution in [0.25, 0.3) is 0 Å². The van der Waals surface area contributed by atoms with Gasteiger partial charge in [0.05, 0.1) is 12.2 Å². The average Bonchev–Trinajstić information content (AvgIpc) is 2.48. The molecule has 0 aromatic heterocycles. The number of benzene rings is 2. The Morgan fingerprint density at radius 2 is 2.00 bits per heavy atom. The zero-order chi connectivity index (χ0) is 13.7. The Labute approximate surface area is 116 Å². The Kier molecular flexibility index (Phi) is 4.45. The molecule has 0 aliphatic rings. The molecule has 0 radical (unpaired) electrons. The number of hydrogen-bond acceptors (Lipinski definition) is 4. The van der Waals surface area contributed by atoms with E-state index in [-0.39, 0.29) is 6.61 Å². The van der Waals surface area contributed by atoms with Crippen LogP contribution in [0.4, 0.5) is 0 Å². The Bertz CT molecular complexity index is 620. The summed E-state index contributed by atoms with van der Waals surface area (Å²) in [4.78, 5) is 1.01. The highest BCUT2D eigenvalue weighted by atomic mass is 32.2. The fourth-order valence-corrected chi connectivity index (χ4v) is 2.20. The fraction of sp³-hybridized carbons (Fsp3) is 0.133. The molecule has 0 unspecified atom stereocenters. The first-order valence-electron chi connectivity index (χ1n) is 5.73. The molecule has 2 aromatic carbocycles. The van der Waals surface area contributed by atoms with Gasteiger partial charge in [-0.05, 0) is 36.1 Å². The van der Waals surface area contributed by atoms with Crippen molar-refractivity contribution >= 4 is 11.8 Å². The monoisotopic (exact) mass is 271 g/mol. The molecule has 0 heterocycles. The molecule has 2 rings (SSSR count). The van der Waals surface area contributed by atoms with E-state index in [4.69, 9.17) is 15.1 Å². The summed E-state index contributed by atoms with van der Waals surface area (Å²) < 4.78 is 5.80. The van der Waals surface area contributed by atoms with E-state index in [0.29, 0.717) is 16.9 Å². The third-order valence-electron chi connectivity index (χ3n) is 2.64. The second kappa shape index (κ2) is 6.28. The van der Waals surface area contributed by atoms with E-state index in [9.17, 15) is 0 Å². The van der Waals surface area contributed by atoms with E-state index in [1.807, 2.05) is 30.5 Å². The number of thioether (sulfide) groups is 1. The van der Waals surface area contributed by atoms with E-state index in [0.717, 1.165) is 10.6 Å². The molecule has 0 fully saturated rings. The summed E-state index contributed by atoms with van der Waals surface area (Å²) in [6.07, 6.45) is 1.97. The Morgan fingerprint density at radius 3 is 2.68 bits per heavy atom. The number of nitrogens with zero attached hydrogens (tertiary/aromatic N) is 1. The molecule has 0 spiro atoms. The minimum Gasteiger partial charge on any atom is -0.455 e. The SMILES string of the molecule is CSc1ccccc1Oc1ccc(CO)cc1C#N. The molecule has 3 nitrogen and oxygen atoms in total. The number of aliphatic hydroxyl groups is 1. The zero-order valence-electron chi connectivity index (χ0n) is 10.5. The number of para-hydroxylation sites is 1. The molecule has 0 aliphatic carbocycles. The van der Waals surface area contributed by atoms with Crippen molar-refractivity contribution in [3.63, 3.8) is 0 Å². The van der Waals surface area contributed by atoms with Crippen LogP contribution < -0.4 is 4.74 Å². The summed E-state index contributed by atoms with van der Waals surface area (Å²) in [6, 6.07) is 14.8. The second-order valence-electron chi connectivity index (χ2n) is 3.85. The third kappa shape index (κ3) is 3.08. The van der Waals surface area contributed by atoms with Gasteiger partial charge < -0.3 is 9.84 Å². The second-order valence-corrected chi connectivity index (χ2v) is 4.70. The van der Waals surface area contributed by atoms with Crippen LogP contribution in [0, 0.1) is 11.3 Å². The van der Waals surface area contributed by atoms with Crippen molar-refractivity contribution in [3.05, 3.63) is 53.6 Å². The van der Waals surface area contributed by atoms with Gasteiger partial charge in [-0.2, -0.15) is 5.26 Å². The number of nitriles is 1. The van der Waals surface area contributed by atoms with Crippen molar-refractivity contribution in [2.75, 3.05) is 6.26 Å². The molecule has 4 heteroatoms. The van der Waals surface area contributed by atoms with Gasteiger partial charge in [0.25, 0.3) is 0 Å². The highest BCUT2D eigenvalue weighted by Gasteiger charge is 2.08. The Morgan fingerprint density at radius 1 is 1.21 bits per heavy atom. The van der Waals surface area contributed by atoms with E-state index < -0.39 is 0 Å². The molecule has 0 bridgehead atoms. The number of ether oxygens (including phenoxy) is 1. The van der Waals surface area contributed by atoms with E-state index in [2.05, 4.69) is 6.07 Å². The molecular weight excluding hydrogens is 258 g/mol. The largest absolute Gasteiger partial charge is 0.455 e. The van der Waals surface area contributed by atoms with Gasteiger partial charge in [0.15, 0.2) is 0 Å². The molecule has 1 N–H and O–H groups in total. The Hall–Kier alpha value is -1.96. The van der Waals surface area contributed by atoms with Gasteiger partial charge in [-0.3, -0.25) is 0 Å². The predicted molar refractivity (Wildman–Crippen MR) is 75.4 cm³/mol. The molecule has 0 atom stereocenters. The standard InChI is InChI=1S/C15H13NO2S/c1-19-15-5-3-2-4-14(15)18-13-7-6-11(10-17)8-12(13)9-16/h2-8,17H,10H2,1H3. The molecule has 96 valence electrons. The third-order valence-corrected chi connectivity index (χ3v) is 3.41. The van der Waals surface area contributed by atoms with Gasteiger partial charge in [-0.15, -0.1) is 11.8 Å². The van der Waals surface area contributed by atoms with Crippen molar-refractivity contribution < 1.29 is 9.84 Å². The molecule has 0 aliphatic heterocycles. The van der Waals surface area contributed by atoms with Crippen LogP contribution in [-0.4, -0.2) is 11.4 Å². The molecule has 19 heavy (non-hydrogen) atoms. The minimum atomic E-state index is -0.0869. The average molecular weight is 271 g/mol. The quantitative estimate of drug-likeness (QED) is 0.864. The normalized spacial score (nSPS) is 9.95. The van der Waals surface area contributed by atoms with Crippen molar-refractivity contribution in [1.29, 1.82) is 5.26 Å². The summed E-state index contributed by atoms with van der Waals surface area (Å²) in [6.45, 7) is -0.0869.